The van der Waals surface area contributed by atoms with E-state index in [0.29, 0.717) is 36.1 Å². The Morgan fingerprint density at radius 3 is 2.68 bits per heavy atom. The summed E-state index contributed by atoms with van der Waals surface area (Å²) in [7, 11) is 0. The molecule has 0 unspecified atom stereocenters. The number of hydrogen-bond donors (Lipinski definition) is 1. The highest BCUT2D eigenvalue weighted by atomic mass is 35.5. The SMILES string of the molecule is N#CCSc1ccccc1C(=O)NC[C@@H](c1ccccc1Cl)N1CCOCC1. The second-order valence-corrected chi connectivity index (χ2v) is 7.76. The van der Waals surface area contributed by atoms with Crippen LogP contribution in [0.3, 0.4) is 0 Å². The van der Waals surface area contributed by atoms with Gasteiger partial charge < -0.3 is 10.1 Å². The predicted octanol–water partition coefficient (Wildman–Crippen LogP) is 3.76. The number of hydrogen-bond acceptors (Lipinski definition) is 5. The molecule has 0 aliphatic carbocycles. The van der Waals surface area contributed by atoms with Crippen molar-refractivity contribution >= 4 is 29.3 Å². The molecule has 1 heterocycles. The lowest BCUT2D eigenvalue weighted by Gasteiger charge is -2.35. The number of ether oxygens (including phenoxy) is 1. The Bertz CT molecular complexity index is 850. The van der Waals surface area contributed by atoms with Crippen LogP contribution in [0.2, 0.25) is 5.02 Å². The lowest BCUT2D eigenvalue weighted by Crippen LogP contribution is -2.44. The summed E-state index contributed by atoms with van der Waals surface area (Å²) in [4.78, 5) is 15.9. The minimum atomic E-state index is -0.147. The lowest BCUT2D eigenvalue weighted by atomic mass is 10.0. The average Bonchev–Trinajstić information content (AvgIpc) is 2.74. The summed E-state index contributed by atoms with van der Waals surface area (Å²) in [5, 5.41) is 12.6. The van der Waals surface area contributed by atoms with Gasteiger partial charge >= 0.3 is 0 Å². The molecular weight excluding hydrogens is 394 g/mol. The van der Waals surface area contributed by atoms with Crippen molar-refractivity contribution in [2.75, 3.05) is 38.6 Å². The number of nitrogens with zero attached hydrogens (tertiary/aromatic N) is 2. The molecule has 0 spiro atoms. The van der Waals surface area contributed by atoms with Crippen LogP contribution in [0, 0.1) is 11.3 Å². The average molecular weight is 416 g/mol. The number of benzene rings is 2. The van der Waals surface area contributed by atoms with Crippen LogP contribution in [-0.2, 0) is 4.74 Å². The molecule has 1 saturated heterocycles. The first-order valence-corrected chi connectivity index (χ1v) is 10.5. The molecule has 7 heteroatoms. The van der Waals surface area contributed by atoms with Gasteiger partial charge in [-0.1, -0.05) is 41.9 Å². The minimum absolute atomic E-state index is 0.0273. The molecule has 1 fully saturated rings. The van der Waals surface area contributed by atoms with Crippen LogP contribution < -0.4 is 5.32 Å². The van der Waals surface area contributed by atoms with Gasteiger partial charge in [-0.3, -0.25) is 9.69 Å². The van der Waals surface area contributed by atoms with E-state index in [4.69, 9.17) is 21.6 Å². The Morgan fingerprint density at radius 2 is 1.93 bits per heavy atom. The molecule has 28 heavy (non-hydrogen) atoms. The Hall–Kier alpha value is -2.04. The minimum Gasteiger partial charge on any atom is -0.379 e. The lowest BCUT2D eigenvalue weighted by molar-refractivity contribution is 0.0162. The first-order chi connectivity index (χ1) is 13.7. The molecule has 5 nitrogen and oxygen atoms in total. The molecule has 0 aromatic heterocycles. The van der Waals surface area contributed by atoms with Crippen molar-refractivity contribution in [1.29, 1.82) is 5.26 Å². The fourth-order valence-electron chi connectivity index (χ4n) is 3.24. The molecule has 0 bridgehead atoms. The standard InChI is InChI=1S/C21H22ClN3O2S/c22-18-7-3-1-5-16(18)19(25-10-12-27-13-11-25)15-24-21(26)17-6-2-4-8-20(17)28-14-9-23/h1-8,19H,10-15H2,(H,24,26)/t19-/m0/s1. The molecule has 1 aliphatic rings. The fraction of sp³-hybridized carbons (Fsp3) is 0.333. The van der Waals surface area contributed by atoms with Gasteiger partial charge in [-0.15, -0.1) is 11.8 Å². The summed E-state index contributed by atoms with van der Waals surface area (Å²) in [6, 6.07) is 17.2. The number of nitrogens with one attached hydrogen (secondary N) is 1. The van der Waals surface area contributed by atoms with Crippen LogP contribution in [0.4, 0.5) is 0 Å². The topological polar surface area (TPSA) is 65.4 Å². The van der Waals surface area contributed by atoms with Crippen molar-refractivity contribution < 1.29 is 9.53 Å². The number of halogens is 1. The molecule has 3 rings (SSSR count). The third-order valence-corrected chi connectivity index (χ3v) is 5.92. The van der Waals surface area contributed by atoms with Crippen LogP contribution in [0.1, 0.15) is 22.0 Å². The van der Waals surface area contributed by atoms with Gasteiger partial charge in [0.25, 0.3) is 5.91 Å². The summed E-state index contributed by atoms with van der Waals surface area (Å²) < 4.78 is 5.47. The zero-order valence-corrected chi connectivity index (χ0v) is 17.0. The number of carbonyl (C=O) groups is 1. The van der Waals surface area contributed by atoms with Crippen LogP contribution in [-0.4, -0.2) is 49.4 Å². The van der Waals surface area contributed by atoms with Gasteiger partial charge in [0.15, 0.2) is 0 Å². The highest BCUT2D eigenvalue weighted by Gasteiger charge is 2.25. The smallest absolute Gasteiger partial charge is 0.252 e. The first kappa shape index (κ1) is 20.7. The summed E-state index contributed by atoms with van der Waals surface area (Å²) in [6.07, 6.45) is 0. The van der Waals surface area contributed by atoms with E-state index in [2.05, 4.69) is 16.3 Å². The second kappa shape index (κ2) is 10.5. The normalized spacial score (nSPS) is 15.6. The number of nitriles is 1. The third-order valence-electron chi connectivity index (χ3n) is 4.63. The van der Waals surface area contributed by atoms with E-state index in [1.807, 2.05) is 42.5 Å². The van der Waals surface area contributed by atoms with Crippen molar-refractivity contribution in [1.82, 2.24) is 10.2 Å². The van der Waals surface area contributed by atoms with Crippen LogP contribution in [0.15, 0.2) is 53.4 Å². The zero-order valence-electron chi connectivity index (χ0n) is 15.4. The third kappa shape index (κ3) is 5.27. The van der Waals surface area contributed by atoms with Gasteiger partial charge in [0.05, 0.1) is 36.6 Å². The number of morpholine rings is 1. The molecule has 0 saturated carbocycles. The summed E-state index contributed by atoms with van der Waals surface area (Å²) >= 11 is 7.81. The molecular formula is C21H22ClN3O2S. The van der Waals surface area contributed by atoms with Gasteiger partial charge in [-0.2, -0.15) is 5.26 Å². The monoisotopic (exact) mass is 415 g/mol. The maximum absolute atomic E-state index is 12.8. The Morgan fingerprint density at radius 1 is 1.21 bits per heavy atom. The highest BCUT2D eigenvalue weighted by molar-refractivity contribution is 7.99. The summed E-state index contributed by atoms with van der Waals surface area (Å²) in [5.41, 5.74) is 1.58. The van der Waals surface area contributed by atoms with Crippen LogP contribution in [0.25, 0.3) is 0 Å². The Labute approximate surface area is 174 Å². The number of amides is 1. The quantitative estimate of drug-likeness (QED) is 0.697. The molecule has 2 aromatic carbocycles. The summed E-state index contributed by atoms with van der Waals surface area (Å²) in [6.45, 7) is 3.37. The van der Waals surface area contributed by atoms with Crippen molar-refractivity contribution in [2.24, 2.45) is 0 Å². The predicted molar refractivity (Wildman–Crippen MR) is 112 cm³/mol. The maximum Gasteiger partial charge on any atom is 0.252 e. The zero-order chi connectivity index (χ0) is 19.8. The van der Waals surface area contributed by atoms with Crippen molar-refractivity contribution in [3.8, 4) is 6.07 Å². The van der Waals surface area contributed by atoms with E-state index in [9.17, 15) is 4.79 Å². The van der Waals surface area contributed by atoms with Crippen LogP contribution >= 0.6 is 23.4 Å². The van der Waals surface area contributed by atoms with E-state index in [1.54, 1.807) is 6.07 Å². The van der Waals surface area contributed by atoms with E-state index in [0.717, 1.165) is 23.5 Å². The number of carbonyl (C=O) groups excluding carboxylic acids is 1. The molecule has 1 aliphatic heterocycles. The Kier molecular flexibility index (Phi) is 7.75. The van der Waals surface area contributed by atoms with Gasteiger partial charge in [-0.05, 0) is 23.8 Å². The second-order valence-electron chi connectivity index (χ2n) is 6.34. The molecule has 0 radical (unpaired) electrons. The molecule has 1 N–H and O–H groups in total. The fourth-order valence-corrected chi connectivity index (χ4v) is 4.22. The molecule has 1 amide bonds. The molecule has 2 aromatic rings. The van der Waals surface area contributed by atoms with Gasteiger partial charge in [-0.25, -0.2) is 0 Å². The van der Waals surface area contributed by atoms with Crippen molar-refractivity contribution in [2.45, 2.75) is 10.9 Å². The van der Waals surface area contributed by atoms with E-state index < -0.39 is 0 Å². The van der Waals surface area contributed by atoms with Gasteiger partial charge in [0.1, 0.15) is 0 Å². The Balaban J connectivity index is 1.76. The van der Waals surface area contributed by atoms with Gasteiger partial charge in [0.2, 0.25) is 0 Å². The van der Waals surface area contributed by atoms with Crippen molar-refractivity contribution in [3.05, 3.63) is 64.7 Å². The van der Waals surface area contributed by atoms with E-state index in [1.165, 1.54) is 11.8 Å². The first-order valence-electron chi connectivity index (χ1n) is 9.14. The molecule has 146 valence electrons. The van der Waals surface area contributed by atoms with Gasteiger partial charge in [0, 0.05) is 29.6 Å². The summed E-state index contributed by atoms with van der Waals surface area (Å²) in [5.74, 6) is 0.159. The van der Waals surface area contributed by atoms with E-state index in [-0.39, 0.29) is 11.9 Å². The van der Waals surface area contributed by atoms with Crippen molar-refractivity contribution in [3.63, 3.8) is 0 Å². The highest BCUT2D eigenvalue weighted by Crippen LogP contribution is 2.28. The maximum atomic E-state index is 12.8. The number of rotatable bonds is 7. The van der Waals surface area contributed by atoms with E-state index >= 15 is 0 Å². The van der Waals surface area contributed by atoms with Crippen LogP contribution in [0.5, 0.6) is 0 Å². The number of thioether (sulfide) groups is 1. The molecule has 1 atom stereocenters. The largest absolute Gasteiger partial charge is 0.379 e.